The van der Waals surface area contributed by atoms with Gasteiger partial charge in [-0.15, -0.1) is 0 Å². The molecule has 0 amide bonds. The number of hydrogen-bond donors (Lipinski definition) is 2. The number of aromatic nitrogens is 2. The van der Waals surface area contributed by atoms with Crippen LogP contribution in [0.5, 0.6) is 0 Å². The molecule has 2 N–H and O–H groups in total. The molecule has 0 aliphatic carbocycles. The van der Waals surface area contributed by atoms with Crippen LogP contribution >= 0.6 is 0 Å². The van der Waals surface area contributed by atoms with E-state index in [1.54, 1.807) is 18.7 Å². The average Bonchev–Trinajstić information content (AvgIpc) is 2.87. The van der Waals surface area contributed by atoms with E-state index in [-0.39, 0.29) is 0 Å². The summed E-state index contributed by atoms with van der Waals surface area (Å²) in [5.74, 6) is 2.40. The molecule has 0 saturated heterocycles. The van der Waals surface area contributed by atoms with Crippen molar-refractivity contribution < 1.29 is 4.42 Å². The van der Waals surface area contributed by atoms with Crippen LogP contribution in [0.2, 0.25) is 0 Å². The fraction of sp³-hybridized carbons (Fsp3) is 0.333. The molecule has 0 spiro atoms. The Labute approximate surface area is 100 Å². The van der Waals surface area contributed by atoms with E-state index >= 15 is 0 Å². The largest absolute Gasteiger partial charge is 0.467 e. The maximum absolute atomic E-state index is 5.22. The standard InChI is InChI=1S/C12H16N4O/c1-2-5-14-11-8-13-9-12(16-11)15-7-10-4-3-6-17-10/h3-4,6,8-9H,2,5,7H2,1H3,(H2,14,15,16). The zero-order chi connectivity index (χ0) is 11.9. The third-order valence-electron chi connectivity index (χ3n) is 2.21. The predicted octanol–water partition coefficient (Wildman–Crippen LogP) is 2.50. The molecule has 2 aromatic heterocycles. The van der Waals surface area contributed by atoms with Gasteiger partial charge in [0.2, 0.25) is 0 Å². The van der Waals surface area contributed by atoms with Gasteiger partial charge in [0, 0.05) is 6.54 Å². The maximum Gasteiger partial charge on any atom is 0.147 e. The molecule has 5 heteroatoms. The smallest absolute Gasteiger partial charge is 0.147 e. The van der Waals surface area contributed by atoms with Crippen LogP contribution in [0.15, 0.2) is 35.2 Å². The maximum atomic E-state index is 5.22. The Morgan fingerprint density at radius 2 is 2.06 bits per heavy atom. The lowest BCUT2D eigenvalue weighted by Gasteiger charge is -2.06. The van der Waals surface area contributed by atoms with Gasteiger partial charge in [-0.25, -0.2) is 4.98 Å². The molecule has 0 atom stereocenters. The Hall–Kier alpha value is -2.04. The molecule has 0 aliphatic rings. The van der Waals surface area contributed by atoms with E-state index in [9.17, 15) is 0 Å². The normalized spacial score (nSPS) is 10.2. The van der Waals surface area contributed by atoms with Crippen molar-refractivity contribution in [2.45, 2.75) is 19.9 Å². The fourth-order valence-electron chi connectivity index (χ4n) is 1.38. The first kappa shape index (κ1) is 11.4. The van der Waals surface area contributed by atoms with Gasteiger partial charge in [-0.2, -0.15) is 0 Å². The molecule has 0 fully saturated rings. The van der Waals surface area contributed by atoms with E-state index in [0.29, 0.717) is 6.54 Å². The van der Waals surface area contributed by atoms with Crippen molar-refractivity contribution in [1.29, 1.82) is 0 Å². The predicted molar refractivity (Wildman–Crippen MR) is 66.8 cm³/mol. The Morgan fingerprint density at radius 3 is 2.76 bits per heavy atom. The van der Waals surface area contributed by atoms with Gasteiger partial charge in [-0.3, -0.25) is 4.98 Å². The molecular weight excluding hydrogens is 216 g/mol. The summed E-state index contributed by atoms with van der Waals surface area (Å²) in [5.41, 5.74) is 0. The molecule has 0 bridgehead atoms. The van der Waals surface area contributed by atoms with Gasteiger partial charge in [0.1, 0.15) is 17.4 Å². The monoisotopic (exact) mass is 232 g/mol. The highest BCUT2D eigenvalue weighted by Gasteiger charge is 1.99. The van der Waals surface area contributed by atoms with Gasteiger partial charge < -0.3 is 15.1 Å². The molecular formula is C12H16N4O. The highest BCUT2D eigenvalue weighted by molar-refractivity contribution is 5.41. The Balaban J connectivity index is 1.91. The summed E-state index contributed by atoms with van der Waals surface area (Å²) in [6, 6.07) is 3.78. The first-order valence-corrected chi connectivity index (χ1v) is 5.70. The number of nitrogens with one attached hydrogen (secondary N) is 2. The zero-order valence-electron chi connectivity index (χ0n) is 9.81. The third-order valence-corrected chi connectivity index (χ3v) is 2.21. The molecule has 17 heavy (non-hydrogen) atoms. The van der Waals surface area contributed by atoms with E-state index in [4.69, 9.17) is 4.42 Å². The molecule has 0 aliphatic heterocycles. The topological polar surface area (TPSA) is 63.0 Å². The van der Waals surface area contributed by atoms with Gasteiger partial charge in [-0.05, 0) is 18.6 Å². The van der Waals surface area contributed by atoms with Crippen molar-refractivity contribution >= 4 is 11.6 Å². The molecule has 0 unspecified atom stereocenters. The quantitative estimate of drug-likeness (QED) is 0.801. The summed E-state index contributed by atoms with van der Waals surface area (Å²) < 4.78 is 5.22. The molecule has 0 radical (unpaired) electrons. The fourth-order valence-corrected chi connectivity index (χ4v) is 1.38. The minimum absolute atomic E-state index is 0.610. The first-order valence-electron chi connectivity index (χ1n) is 5.70. The van der Waals surface area contributed by atoms with Crippen molar-refractivity contribution in [2.75, 3.05) is 17.2 Å². The van der Waals surface area contributed by atoms with Gasteiger partial charge in [0.05, 0.1) is 25.2 Å². The van der Waals surface area contributed by atoms with Crippen molar-refractivity contribution in [3.8, 4) is 0 Å². The lowest BCUT2D eigenvalue weighted by atomic mass is 10.4. The van der Waals surface area contributed by atoms with E-state index in [1.165, 1.54) is 0 Å². The third kappa shape index (κ3) is 3.48. The summed E-state index contributed by atoms with van der Waals surface area (Å²) in [4.78, 5) is 8.50. The van der Waals surface area contributed by atoms with Crippen molar-refractivity contribution in [3.05, 3.63) is 36.5 Å². The lowest BCUT2D eigenvalue weighted by Crippen LogP contribution is -2.06. The van der Waals surface area contributed by atoms with E-state index in [0.717, 1.165) is 30.4 Å². The molecule has 2 rings (SSSR count). The van der Waals surface area contributed by atoms with Crippen molar-refractivity contribution in [1.82, 2.24) is 9.97 Å². The SMILES string of the molecule is CCCNc1cncc(NCc2ccco2)n1. The van der Waals surface area contributed by atoms with Crippen molar-refractivity contribution in [3.63, 3.8) is 0 Å². The number of anilines is 2. The van der Waals surface area contributed by atoms with Gasteiger partial charge in [0.15, 0.2) is 0 Å². The van der Waals surface area contributed by atoms with Gasteiger partial charge in [0.25, 0.3) is 0 Å². The summed E-state index contributed by atoms with van der Waals surface area (Å²) in [6.07, 6.45) is 6.13. The van der Waals surface area contributed by atoms with Crippen LogP contribution in [0, 0.1) is 0 Å². The number of nitrogens with zero attached hydrogens (tertiary/aromatic N) is 2. The van der Waals surface area contributed by atoms with Crippen molar-refractivity contribution in [2.24, 2.45) is 0 Å². The zero-order valence-corrected chi connectivity index (χ0v) is 9.81. The van der Waals surface area contributed by atoms with E-state index in [2.05, 4.69) is 27.5 Å². The Kier molecular flexibility index (Phi) is 3.96. The molecule has 0 aromatic carbocycles. The average molecular weight is 232 g/mol. The van der Waals surface area contributed by atoms with Crippen LogP contribution in [0.4, 0.5) is 11.6 Å². The number of rotatable bonds is 6. The molecule has 2 heterocycles. The summed E-state index contributed by atoms with van der Waals surface area (Å²) >= 11 is 0. The van der Waals surface area contributed by atoms with Crippen LogP contribution in [-0.2, 0) is 6.54 Å². The lowest BCUT2D eigenvalue weighted by molar-refractivity contribution is 0.518. The second-order valence-electron chi connectivity index (χ2n) is 3.65. The first-order chi connectivity index (χ1) is 8.38. The van der Waals surface area contributed by atoms with Crippen LogP contribution < -0.4 is 10.6 Å². The Morgan fingerprint density at radius 1 is 1.24 bits per heavy atom. The van der Waals surface area contributed by atoms with E-state index in [1.807, 2.05) is 12.1 Å². The minimum Gasteiger partial charge on any atom is -0.467 e. The van der Waals surface area contributed by atoms with Gasteiger partial charge >= 0.3 is 0 Å². The van der Waals surface area contributed by atoms with Crippen LogP contribution in [-0.4, -0.2) is 16.5 Å². The second kappa shape index (κ2) is 5.89. The highest BCUT2D eigenvalue weighted by atomic mass is 16.3. The molecule has 2 aromatic rings. The Bertz CT molecular complexity index is 442. The second-order valence-corrected chi connectivity index (χ2v) is 3.65. The highest BCUT2D eigenvalue weighted by Crippen LogP contribution is 2.08. The van der Waals surface area contributed by atoms with E-state index < -0.39 is 0 Å². The molecule has 0 saturated carbocycles. The van der Waals surface area contributed by atoms with Crippen LogP contribution in [0.25, 0.3) is 0 Å². The number of furan rings is 1. The minimum atomic E-state index is 0.610. The summed E-state index contributed by atoms with van der Waals surface area (Å²) in [6.45, 7) is 3.62. The summed E-state index contributed by atoms with van der Waals surface area (Å²) in [7, 11) is 0. The van der Waals surface area contributed by atoms with Crippen LogP contribution in [0.1, 0.15) is 19.1 Å². The molecule has 90 valence electrons. The van der Waals surface area contributed by atoms with Gasteiger partial charge in [-0.1, -0.05) is 6.92 Å². The van der Waals surface area contributed by atoms with Crippen LogP contribution in [0.3, 0.4) is 0 Å². The number of hydrogen-bond acceptors (Lipinski definition) is 5. The molecule has 5 nitrogen and oxygen atoms in total. The summed E-state index contributed by atoms with van der Waals surface area (Å²) in [5, 5.41) is 6.35.